The standard InChI is InChI=1S/C19H18FN3O/c1-24-18-3-2-13(20)12-17(18)15-6-10-22-19-16(15)7-11-23(19)14-4-8-21-9-5-14/h2-4,6-8,10-12,14,21H,5,9H2,1H3. The van der Waals surface area contributed by atoms with E-state index < -0.39 is 0 Å². The second-order valence-electron chi connectivity index (χ2n) is 5.83. The summed E-state index contributed by atoms with van der Waals surface area (Å²) in [6.45, 7) is 0.943. The minimum atomic E-state index is -0.281. The van der Waals surface area contributed by atoms with Gasteiger partial charge in [0, 0.05) is 29.9 Å². The second-order valence-corrected chi connectivity index (χ2v) is 5.83. The van der Waals surface area contributed by atoms with Gasteiger partial charge >= 0.3 is 0 Å². The molecule has 1 unspecified atom stereocenters. The van der Waals surface area contributed by atoms with E-state index >= 15 is 0 Å². The highest BCUT2D eigenvalue weighted by Crippen LogP contribution is 2.36. The van der Waals surface area contributed by atoms with Crippen LogP contribution in [-0.2, 0) is 0 Å². The highest BCUT2D eigenvalue weighted by atomic mass is 19.1. The van der Waals surface area contributed by atoms with Gasteiger partial charge in [-0.3, -0.25) is 0 Å². The molecule has 0 radical (unpaired) electrons. The van der Waals surface area contributed by atoms with Crippen molar-refractivity contribution in [3.05, 3.63) is 60.8 Å². The number of rotatable bonds is 3. The number of nitrogens with zero attached hydrogens (tertiary/aromatic N) is 2. The van der Waals surface area contributed by atoms with E-state index in [0.29, 0.717) is 5.75 Å². The Bertz CT molecular complexity index is 916. The number of aromatic nitrogens is 2. The number of ether oxygens (including phenoxy) is 1. The van der Waals surface area contributed by atoms with E-state index in [-0.39, 0.29) is 11.9 Å². The molecule has 5 heteroatoms. The minimum Gasteiger partial charge on any atom is -0.496 e. The van der Waals surface area contributed by atoms with Crippen LogP contribution >= 0.6 is 0 Å². The first-order valence-corrected chi connectivity index (χ1v) is 7.97. The molecule has 122 valence electrons. The first-order valence-electron chi connectivity index (χ1n) is 7.97. The van der Waals surface area contributed by atoms with Crippen LogP contribution in [-0.4, -0.2) is 23.2 Å². The molecule has 2 aromatic heterocycles. The van der Waals surface area contributed by atoms with Gasteiger partial charge < -0.3 is 14.6 Å². The molecule has 0 bridgehead atoms. The number of fused-ring (bicyclic) bond motifs is 1. The zero-order chi connectivity index (χ0) is 16.5. The highest BCUT2D eigenvalue weighted by molar-refractivity contribution is 5.95. The van der Waals surface area contributed by atoms with E-state index in [1.54, 1.807) is 19.4 Å². The Kier molecular flexibility index (Phi) is 3.69. The van der Waals surface area contributed by atoms with Crippen molar-refractivity contribution in [3.8, 4) is 16.9 Å². The van der Waals surface area contributed by atoms with E-state index in [1.807, 2.05) is 24.5 Å². The fourth-order valence-electron chi connectivity index (χ4n) is 3.27. The molecule has 0 spiro atoms. The number of halogens is 1. The van der Waals surface area contributed by atoms with Gasteiger partial charge in [-0.05, 0) is 54.6 Å². The molecule has 0 saturated heterocycles. The molecule has 0 saturated carbocycles. The van der Waals surface area contributed by atoms with Crippen LogP contribution in [0.2, 0.25) is 0 Å². The van der Waals surface area contributed by atoms with Crippen molar-refractivity contribution in [1.82, 2.24) is 14.9 Å². The van der Waals surface area contributed by atoms with Gasteiger partial charge in [-0.25, -0.2) is 9.37 Å². The van der Waals surface area contributed by atoms with Crippen LogP contribution in [0.15, 0.2) is 55.0 Å². The molecule has 0 amide bonds. The maximum Gasteiger partial charge on any atom is 0.141 e. The van der Waals surface area contributed by atoms with Crippen LogP contribution in [0.4, 0.5) is 4.39 Å². The smallest absolute Gasteiger partial charge is 0.141 e. The van der Waals surface area contributed by atoms with Gasteiger partial charge in [0.05, 0.1) is 13.2 Å². The first kappa shape index (κ1) is 14.8. The maximum atomic E-state index is 13.8. The van der Waals surface area contributed by atoms with Crippen molar-refractivity contribution in [1.29, 1.82) is 0 Å². The lowest BCUT2D eigenvalue weighted by atomic mass is 10.0. The molecule has 1 N–H and O–H groups in total. The predicted molar refractivity (Wildman–Crippen MR) is 92.5 cm³/mol. The van der Waals surface area contributed by atoms with Crippen LogP contribution < -0.4 is 10.1 Å². The summed E-state index contributed by atoms with van der Waals surface area (Å²) in [6.07, 6.45) is 8.95. The molecule has 1 aromatic carbocycles. The van der Waals surface area contributed by atoms with Crippen LogP contribution in [0.25, 0.3) is 22.2 Å². The third-order valence-electron chi connectivity index (χ3n) is 4.45. The predicted octanol–water partition coefficient (Wildman–Crippen LogP) is 3.90. The lowest BCUT2D eigenvalue weighted by Gasteiger charge is -2.20. The number of hydrogen-bond acceptors (Lipinski definition) is 3. The van der Waals surface area contributed by atoms with Crippen LogP contribution in [0.5, 0.6) is 5.75 Å². The van der Waals surface area contributed by atoms with Crippen molar-refractivity contribution in [2.24, 2.45) is 0 Å². The third kappa shape index (κ3) is 2.42. The van der Waals surface area contributed by atoms with Crippen LogP contribution in [0.3, 0.4) is 0 Å². The Morgan fingerprint density at radius 3 is 2.96 bits per heavy atom. The van der Waals surface area contributed by atoms with Crippen LogP contribution in [0, 0.1) is 5.82 Å². The first-order chi connectivity index (χ1) is 11.8. The topological polar surface area (TPSA) is 39.1 Å². The Hall–Kier alpha value is -2.82. The molecule has 4 rings (SSSR count). The average molecular weight is 323 g/mol. The lowest BCUT2D eigenvalue weighted by Crippen LogP contribution is -2.19. The summed E-state index contributed by atoms with van der Waals surface area (Å²) in [5, 5.41) is 4.20. The third-order valence-corrected chi connectivity index (χ3v) is 4.45. The number of nitrogens with one attached hydrogen (secondary N) is 1. The van der Waals surface area contributed by atoms with Gasteiger partial charge in [-0.15, -0.1) is 0 Å². The molecule has 1 atom stereocenters. The van der Waals surface area contributed by atoms with Gasteiger partial charge in [-0.2, -0.15) is 0 Å². The van der Waals surface area contributed by atoms with Crippen molar-refractivity contribution in [2.45, 2.75) is 12.5 Å². The summed E-state index contributed by atoms with van der Waals surface area (Å²) in [4.78, 5) is 4.55. The Morgan fingerprint density at radius 2 is 2.17 bits per heavy atom. The fourth-order valence-corrected chi connectivity index (χ4v) is 3.27. The summed E-state index contributed by atoms with van der Waals surface area (Å²) in [5.74, 6) is 0.370. The van der Waals surface area contributed by atoms with Crippen molar-refractivity contribution in [2.75, 3.05) is 13.7 Å². The Balaban J connectivity index is 1.89. The Labute approximate surface area is 139 Å². The molecule has 0 aliphatic carbocycles. The monoisotopic (exact) mass is 323 g/mol. The molecule has 0 fully saturated rings. The number of pyridine rings is 1. The minimum absolute atomic E-state index is 0.279. The van der Waals surface area contributed by atoms with Gasteiger partial charge in [0.15, 0.2) is 0 Å². The largest absolute Gasteiger partial charge is 0.496 e. The van der Waals surface area contributed by atoms with Gasteiger partial charge in [-0.1, -0.05) is 0 Å². The number of hydrogen-bond donors (Lipinski definition) is 1. The summed E-state index contributed by atoms with van der Waals surface area (Å²) >= 11 is 0. The van der Waals surface area contributed by atoms with E-state index in [2.05, 4.69) is 20.9 Å². The summed E-state index contributed by atoms with van der Waals surface area (Å²) in [6, 6.07) is 8.80. The normalized spacial score (nSPS) is 17.0. The Morgan fingerprint density at radius 1 is 1.25 bits per heavy atom. The molecule has 1 aliphatic heterocycles. The molecular formula is C19H18FN3O. The molecular weight excluding hydrogens is 305 g/mol. The van der Waals surface area contributed by atoms with Gasteiger partial charge in [0.2, 0.25) is 0 Å². The average Bonchev–Trinajstić information content (AvgIpc) is 3.06. The van der Waals surface area contributed by atoms with E-state index in [4.69, 9.17) is 4.74 Å². The molecule has 24 heavy (non-hydrogen) atoms. The molecule has 1 aliphatic rings. The van der Waals surface area contributed by atoms with E-state index in [1.165, 1.54) is 12.1 Å². The summed E-state index contributed by atoms with van der Waals surface area (Å²) < 4.78 is 21.4. The van der Waals surface area contributed by atoms with E-state index in [0.717, 1.165) is 35.1 Å². The molecule has 4 nitrogen and oxygen atoms in total. The van der Waals surface area contributed by atoms with Crippen molar-refractivity contribution in [3.63, 3.8) is 0 Å². The second kappa shape index (κ2) is 6.00. The number of methoxy groups -OCH3 is 1. The molecule has 3 aromatic rings. The van der Waals surface area contributed by atoms with Gasteiger partial charge in [0.25, 0.3) is 0 Å². The molecule has 3 heterocycles. The van der Waals surface area contributed by atoms with Crippen molar-refractivity contribution < 1.29 is 9.13 Å². The summed E-state index contributed by atoms with van der Waals surface area (Å²) in [7, 11) is 1.60. The summed E-state index contributed by atoms with van der Waals surface area (Å²) in [5.41, 5.74) is 2.56. The zero-order valence-corrected chi connectivity index (χ0v) is 13.4. The number of benzene rings is 1. The fraction of sp³-hybridized carbons (Fsp3) is 0.211. The van der Waals surface area contributed by atoms with Crippen LogP contribution in [0.1, 0.15) is 12.5 Å². The zero-order valence-electron chi connectivity index (χ0n) is 13.4. The number of allylic oxidation sites excluding steroid dienone is 1. The van der Waals surface area contributed by atoms with Crippen molar-refractivity contribution >= 4 is 11.0 Å². The SMILES string of the molecule is COc1ccc(F)cc1-c1ccnc2c1ccn2C1C=CNCC1. The highest BCUT2D eigenvalue weighted by Gasteiger charge is 2.17. The van der Waals surface area contributed by atoms with E-state index in [9.17, 15) is 4.39 Å². The quantitative estimate of drug-likeness (QED) is 0.794. The lowest BCUT2D eigenvalue weighted by molar-refractivity contribution is 0.415. The maximum absolute atomic E-state index is 13.8. The van der Waals surface area contributed by atoms with Gasteiger partial charge in [0.1, 0.15) is 17.2 Å².